The van der Waals surface area contributed by atoms with Gasteiger partial charge in [-0.05, 0) is 44.7 Å². The molecule has 0 aromatic heterocycles. The van der Waals surface area contributed by atoms with E-state index >= 15 is 0 Å². The highest BCUT2D eigenvalue weighted by atomic mass is 16.6. The van der Waals surface area contributed by atoms with E-state index in [9.17, 15) is 4.79 Å². The van der Waals surface area contributed by atoms with Gasteiger partial charge >= 0.3 is 6.09 Å². The lowest BCUT2D eigenvalue weighted by molar-refractivity contribution is 0.0571. The van der Waals surface area contributed by atoms with Crippen LogP contribution in [0.3, 0.4) is 0 Å². The quantitative estimate of drug-likeness (QED) is 0.797. The van der Waals surface area contributed by atoms with E-state index < -0.39 is 5.60 Å². The number of anilines is 2. The van der Waals surface area contributed by atoms with E-state index in [0.717, 1.165) is 24.1 Å². The molecule has 1 heterocycles. The van der Waals surface area contributed by atoms with Gasteiger partial charge in [0, 0.05) is 6.54 Å². The molecule has 20 heavy (non-hydrogen) atoms. The molecule has 0 saturated carbocycles. The lowest BCUT2D eigenvalue weighted by atomic mass is 9.90. The van der Waals surface area contributed by atoms with Crippen LogP contribution in [0, 0.1) is 5.92 Å². The molecule has 1 amide bonds. The summed E-state index contributed by atoms with van der Waals surface area (Å²) in [5.74, 6) is 0.455. The van der Waals surface area contributed by atoms with Crippen LogP contribution in [-0.4, -0.2) is 18.2 Å². The Balaban J connectivity index is 2.35. The van der Waals surface area contributed by atoms with Gasteiger partial charge in [0.2, 0.25) is 0 Å². The monoisotopic (exact) mass is 276 g/mol. The summed E-state index contributed by atoms with van der Waals surface area (Å²) in [6.45, 7) is 8.45. The number of fused-ring (bicyclic) bond motifs is 1. The van der Waals surface area contributed by atoms with Gasteiger partial charge in [-0.15, -0.1) is 0 Å². The molecule has 0 radical (unpaired) electrons. The molecule has 1 aromatic rings. The minimum atomic E-state index is -0.500. The van der Waals surface area contributed by atoms with E-state index in [4.69, 9.17) is 10.5 Å². The van der Waals surface area contributed by atoms with E-state index in [1.165, 1.54) is 0 Å². The fourth-order valence-electron chi connectivity index (χ4n) is 2.59. The van der Waals surface area contributed by atoms with Crippen LogP contribution in [0.1, 0.15) is 39.7 Å². The lowest BCUT2D eigenvalue weighted by Crippen LogP contribution is -2.43. The van der Waals surface area contributed by atoms with Gasteiger partial charge < -0.3 is 10.5 Å². The number of carbonyl (C=O) groups is 1. The van der Waals surface area contributed by atoms with Gasteiger partial charge in [0.1, 0.15) is 5.60 Å². The average molecular weight is 276 g/mol. The third-order valence-corrected chi connectivity index (χ3v) is 3.56. The first-order chi connectivity index (χ1) is 9.31. The molecule has 2 rings (SSSR count). The number of benzene rings is 1. The number of hydrogen-bond acceptors (Lipinski definition) is 3. The van der Waals surface area contributed by atoms with Crippen molar-refractivity contribution in [3.63, 3.8) is 0 Å². The number of rotatable bonds is 1. The number of hydrogen-bond donors (Lipinski definition) is 1. The molecule has 0 saturated heterocycles. The zero-order chi connectivity index (χ0) is 14.9. The number of para-hydroxylation sites is 1. The first kappa shape index (κ1) is 14.7. The Labute approximate surface area is 120 Å². The van der Waals surface area contributed by atoms with Gasteiger partial charge in [0.25, 0.3) is 0 Å². The second-order valence-corrected chi connectivity index (χ2v) is 6.42. The van der Waals surface area contributed by atoms with Crippen molar-refractivity contribution < 1.29 is 9.53 Å². The maximum Gasteiger partial charge on any atom is 0.414 e. The van der Waals surface area contributed by atoms with Crippen LogP contribution in [0.25, 0.3) is 0 Å². The van der Waals surface area contributed by atoms with Crippen LogP contribution in [-0.2, 0) is 11.2 Å². The number of carbonyl (C=O) groups excluding carboxylic acids is 1. The predicted molar refractivity (Wildman–Crippen MR) is 81.9 cm³/mol. The largest absolute Gasteiger partial charge is 0.443 e. The van der Waals surface area contributed by atoms with Gasteiger partial charge in [-0.3, -0.25) is 4.90 Å². The van der Waals surface area contributed by atoms with E-state index in [2.05, 4.69) is 6.92 Å². The van der Waals surface area contributed by atoms with Crippen LogP contribution in [0.2, 0.25) is 0 Å². The Morgan fingerprint density at radius 2 is 2.15 bits per heavy atom. The van der Waals surface area contributed by atoms with E-state index in [1.807, 2.05) is 39.0 Å². The molecule has 0 spiro atoms. The van der Waals surface area contributed by atoms with Crippen LogP contribution in [0.15, 0.2) is 18.2 Å². The number of nitrogen functional groups attached to an aromatic ring is 1. The molecule has 1 aliphatic rings. The molecule has 2 N–H and O–H groups in total. The topological polar surface area (TPSA) is 55.6 Å². The van der Waals surface area contributed by atoms with Crippen LogP contribution in [0.5, 0.6) is 0 Å². The van der Waals surface area contributed by atoms with E-state index in [1.54, 1.807) is 4.90 Å². The molecule has 0 bridgehead atoms. The molecular weight excluding hydrogens is 252 g/mol. The van der Waals surface area contributed by atoms with Gasteiger partial charge in [0.15, 0.2) is 0 Å². The summed E-state index contributed by atoms with van der Waals surface area (Å²) in [5.41, 5.74) is 8.17. The molecule has 4 heteroatoms. The zero-order valence-corrected chi connectivity index (χ0v) is 12.8. The van der Waals surface area contributed by atoms with E-state index in [-0.39, 0.29) is 6.09 Å². The maximum atomic E-state index is 12.4. The van der Waals surface area contributed by atoms with Gasteiger partial charge in [-0.1, -0.05) is 25.5 Å². The number of nitrogens with two attached hydrogens (primary N) is 1. The van der Waals surface area contributed by atoms with E-state index in [0.29, 0.717) is 18.2 Å². The minimum Gasteiger partial charge on any atom is -0.443 e. The fourth-order valence-corrected chi connectivity index (χ4v) is 2.59. The van der Waals surface area contributed by atoms with Crippen molar-refractivity contribution in [3.05, 3.63) is 23.8 Å². The van der Waals surface area contributed by atoms with Crippen molar-refractivity contribution in [3.8, 4) is 0 Å². The van der Waals surface area contributed by atoms with Crippen LogP contribution >= 0.6 is 0 Å². The number of ether oxygens (including phenoxy) is 1. The summed E-state index contributed by atoms with van der Waals surface area (Å²) < 4.78 is 5.51. The Bertz CT molecular complexity index is 506. The normalized spacial score (nSPS) is 18.6. The second kappa shape index (κ2) is 5.35. The highest BCUT2D eigenvalue weighted by Gasteiger charge is 2.32. The van der Waals surface area contributed by atoms with Crippen LogP contribution < -0.4 is 10.6 Å². The zero-order valence-electron chi connectivity index (χ0n) is 12.8. The van der Waals surface area contributed by atoms with Gasteiger partial charge in [-0.25, -0.2) is 4.79 Å². The van der Waals surface area contributed by atoms with Crippen molar-refractivity contribution in [2.75, 3.05) is 17.2 Å². The Kier molecular flexibility index (Phi) is 3.93. The summed E-state index contributed by atoms with van der Waals surface area (Å²) in [6, 6.07) is 5.83. The average Bonchev–Trinajstić information content (AvgIpc) is 2.35. The molecule has 0 fully saturated rings. The van der Waals surface area contributed by atoms with Crippen molar-refractivity contribution >= 4 is 17.5 Å². The molecule has 110 valence electrons. The number of amides is 1. The van der Waals surface area contributed by atoms with Crippen molar-refractivity contribution in [2.24, 2.45) is 5.92 Å². The maximum absolute atomic E-state index is 12.4. The Morgan fingerprint density at radius 3 is 2.75 bits per heavy atom. The van der Waals surface area contributed by atoms with Crippen molar-refractivity contribution in [1.29, 1.82) is 0 Å². The summed E-state index contributed by atoms with van der Waals surface area (Å²) in [7, 11) is 0. The smallest absolute Gasteiger partial charge is 0.414 e. The first-order valence-electron chi connectivity index (χ1n) is 7.19. The Hall–Kier alpha value is -1.71. The lowest BCUT2D eigenvalue weighted by Gasteiger charge is -2.36. The SMILES string of the molecule is CCC1Cc2cccc(N)c2N(C(=O)OC(C)(C)C)C1. The van der Waals surface area contributed by atoms with Crippen molar-refractivity contribution in [2.45, 2.75) is 46.1 Å². The summed E-state index contributed by atoms with van der Waals surface area (Å²) in [4.78, 5) is 14.1. The molecule has 1 unspecified atom stereocenters. The van der Waals surface area contributed by atoms with Crippen molar-refractivity contribution in [1.82, 2.24) is 0 Å². The third-order valence-electron chi connectivity index (χ3n) is 3.56. The first-order valence-corrected chi connectivity index (χ1v) is 7.19. The predicted octanol–water partition coefficient (Wildman–Crippen LogP) is 3.59. The third kappa shape index (κ3) is 3.06. The standard InChI is InChI=1S/C16H24N2O2/c1-5-11-9-12-7-6-8-13(17)14(12)18(10-11)15(19)20-16(2,3)4/h6-8,11H,5,9-10,17H2,1-4H3. The highest BCUT2D eigenvalue weighted by Crippen LogP contribution is 2.36. The summed E-state index contributed by atoms with van der Waals surface area (Å²) in [6.07, 6.45) is 1.69. The molecule has 1 atom stereocenters. The number of nitrogens with zero attached hydrogens (tertiary/aromatic N) is 1. The minimum absolute atomic E-state index is 0.310. The molecular formula is C16H24N2O2. The van der Waals surface area contributed by atoms with Gasteiger partial charge in [0.05, 0.1) is 11.4 Å². The van der Waals surface area contributed by atoms with Gasteiger partial charge in [-0.2, -0.15) is 0 Å². The van der Waals surface area contributed by atoms with Crippen LogP contribution in [0.4, 0.5) is 16.2 Å². The molecule has 1 aliphatic heterocycles. The Morgan fingerprint density at radius 1 is 1.45 bits per heavy atom. The second-order valence-electron chi connectivity index (χ2n) is 6.42. The fraction of sp³-hybridized carbons (Fsp3) is 0.562. The summed E-state index contributed by atoms with van der Waals surface area (Å²) >= 11 is 0. The summed E-state index contributed by atoms with van der Waals surface area (Å²) in [5, 5.41) is 0. The molecule has 0 aliphatic carbocycles. The highest BCUT2D eigenvalue weighted by molar-refractivity contribution is 5.93. The molecule has 4 nitrogen and oxygen atoms in total. The molecule has 1 aromatic carbocycles.